The lowest BCUT2D eigenvalue weighted by atomic mass is 9.98. The van der Waals surface area contributed by atoms with E-state index in [0.717, 1.165) is 11.1 Å². The third-order valence-corrected chi connectivity index (χ3v) is 3.55. The molecule has 0 N–H and O–H groups in total. The first-order chi connectivity index (χ1) is 11.1. The molecule has 0 aliphatic carbocycles. The zero-order valence-electron chi connectivity index (χ0n) is 12.7. The number of halogens is 3. The number of allylic oxidation sites excluding steroid dienone is 3. The lowest BCUT2D eigenvalue weighted by Crippen LogP contribution is -2.21. The molecule has 0 spiro atoms. The molecule has 0 radical (unpaired) electrons. The van der Waals surface area contributed by atoms with Crippen molar-refractivity contribution in [2.45, 2.75) is 19.0 Å². The van der Waals surface area contributed by atoms with Crippen LogP contribution in [-0.2, 0) is 6.42 Å². The highest BCUT2D eigenvalue weighted by Gasteiger charge is 2.36. The Kier molecular flexibility index (Phi) is 6.21. The second-order valence-electron chi connectivity index (χ2n) is 5.33. The van der Waals surface area contributed by atoms with Gasteiger partial charge in [0.2, 0.25) is 0 Å². The fourth-order valence-electron chi connectivity index (χ4n) is 2.26. The van der Waals surface area contributed by atoms with Crippen molar-refractivity contribution < 1.29 is 13.2 Å². The van der Waals surface area contributed by atoms with Crippen LogP contribution >= 0.6 is 0 Å². The van der Waals surface area contributed by atoms with Crippen LogP contribution in [0.2, 0.25) is 0 Å². The average Bonchev–Trinajstić information content (AvgIpc) is 2.55. The largest absolute Gasteiger partial charge is 0.395 e. The maximum absolute atomic E-state index is 13.1. The van der Waals surface area contributed by atoms with E-state index in [1.165, 1.54) is 12.2 Å². The summed E-state index contributed by atoms with van der Waals surface area (Å²) in [6, 6.07) is 18.7. The van der Waals surface area contributed by atoms with Gasteiger partial charge in [0.15, 0.2) is 0 Å². The van der Waals surface area contributed by atoms with Crippen molar-refractivity contribution >= 4 is 6.08 Å². The van der Waals surface area contributed by atoms with E-state index < -0.39 is 12.1 Å². The van der Waals surface area contributed by atoms with Crippen molar-refractivity contribution in [1.82, 2.24) is 0 Å². The van der Waals surface area contributed by atoms with Crippen molar-refractivity contribution in [3.63, 3.8) is 0 Å². The molecule has 2 rings (SSSR count). The zero-order chi connectivity index (χ0) is 16.5. The van der Waals surface area contributed by atoms with Crippen molar-refractivity contribution in [3.8, 4) is 0 Å². The summed E-state index contributed by atoms with van der Waals surface area (Å²) in [4.78, 5) is 0. The number of hydrogen-bond donors (Lipinski definition) is 0. The molecule has 0 amide bonds. The number of aryl methyl sites for hydroxylation is 1. The van der Waals surface area contributed by atoms with Gasteiger partial charge < -0.3 is 0 Å². The molecule has 0 aliphatic heterocycles. The lowest BCUT2D eigenvalue weighted by molar-refractivity contribution is -0.162. The molecule has 120 valence electrons. The highest BCUT2D eigenvalue weighted by molar-refractivity contribution is 5.50. The Morgan fingerprint density at radius 1 is 0.826 bits per heavy atom. The molecule has 0 nitrogen and oxygen atoms in total. The summed E-state index contributed by atoms with van der Waals surface area (Å²) in [7, 11) is 0. The highest BCUT2D eigenvalue weighted by atomic mass is 19.4. The minimum atomic E-state index is -4.22. The van der Waals surface area contributed by atoms with Gasteiger partial charge in [0, 0.05) is 0 Å². The maximum atomic E-state index is 13.1. The highest BCUT2D eigenvalue weighted by Crippen LogP contribution is 2.31. The van der Waals surface area contributed by atoms with Gasteiger partial charge in [-0.05, 0) is 24.0 Å². The van der Waals surface area contributed by atoms with Crippen LogP contribution in [-0.4, -0.2) is 6.18 Å². The van der Waals surface area contributed by atoms with Crippen molar-refractivity contribution in [3.05, 3.63) is 90.0 Å². The first-order valence-electron chi connectivity index (χ1n) is 7.56. The average molecular weight is 316 g/mol. The minimum Gasteiger partial charge on any atom is -0.170 e. The predicted octanol–water partition coefficient (Wildman–Crippen LogP) is 6.07. The van der Waals surface area contributed by atoms with Gasteiger partial charge in [0.1, 0.15) is 0 Å². The summed E-state index contributed by atoms with van der Waals surface area (Å²) in [5, 5.41) is 0. The van der Waals surface area contributed by atoms with Gasteiger partial charge in [-0.25, -0.2) is 0 Å². The molecule has 0 saturated carbocycles. The first-order valence-corrected chi connectivity index (χ1v) is 7.56. The molecule has 0 aromatic heterocycles. The van der Waals surface area contributed by atoms with Crippen LogP contribution in [0.4, 0.5) is 13.2 Å². The lowest BCUT2D eigenvalue weighted by Gasteiger charge is -2.16. The van der Waals surface area contributed by atoms with Crippen molar-refractivity contribution in [1.29, 1.82) is 0 Å². The number of rotatable bonds is 6. The molecule has 2 aromatic rings. The number of hydrogen-bond acceptors (Lipinski definition) is 0. The van der Waals surface area contributed by atoms with Gasteiger partial charge >= 0.3 is 6.18 Å². The van der Waals surface area contributed by atoms with Crippen LogP contribution in [0.5, 0.6) is 0 Å². The summed E-state index contributed by atoms with van der Waals surface area (Å²) in [6.07, 6.45) is 2.42. The van der Waals surface area contributed by atoms with Crippen LogP contribution < -0.4 is 0 Å². The van der Waals surface area contributed by atoms with Crippen LogP contribution in [0.3, 0.4) is 0 Å². The molecular formula is C20H19F3. The van der Waals surface area contributed by atoms with E-state index in [9.17, 15) is 13.2 Å². The molecule has 3 heteroatoms. The van der Waals surface area contributed by atoms with E-state index in [4.69, 9.17) is 0 Å². The Hall–Kier alpha value is -2.29. The van der Waals surface area contributed by atoms with Gasteiger partial charge in [0.25, 0.3) is 0 Å². The van der Waals surface area contributed by atoms with Crippen LogP contribution in [0, 0.1) is 5.92 Å². The van der Waals surface area contributed by atoms with Gasteiger partial charge in [-0.3, -0.25) is 0 Å². The fourth-order valence-corrected chi connectivity index (χ4v) is 2.26. The van der Waals surface area contributed by atoms with Crippen LogP contribution in [0.1, 0.15) is 17.5 Å². The molecule has 0 fully saturated rings. The maximum Gasteiger partial charge on any atom is 0.395 e. The normalized spacial score (nSPS) is 13.7. The fraction of sp³-hybridized carbons (Fsp3) is 0.200. The van der Waals surface area contributed by atoms with E-state index in [1.54, 1.807) is 12.2 Å². The van der Waals surface area contributed by atoms with Crippen LogP contribution in [0.15, 0.2) is 78.9 Å². The van der Waals surface area contributed by atoms with E-state index in [1.807, 2.05) is 60.7 Å². The van der Waals surface area contributed by atoms with E-state index in [0.29, 0.717) is 6.42 Å². The molecule has 0 heterocycles. The van der Waals surface area contributed by atoms with Crippen LogP contribution in [0.25, 0.3) is 6.08 Å². The predicted molar refractivity (Wildman–Crippen MR) is 88.9 cm³/mol. The summed E-state index contributed by atoms with van der Waals surface area (Å²) in [5.41, 5.74) is 1.89. The molecule has 0 bridgehead atoms. The third-order valence-electron chi connectivity index (χ3n) is 3.55. The van der Waals surface area contributed by atoms with Crippen molar-refractivity contribution in [2.75, 3.05) is 0 Å². The summed E-state index contributed by atoms with van der Waals surface area (Å²) < 4.78 is 39.3. The van der Waals surface area contributed by atoms with E-state index >= 15 is 0 Å². The van der Waals surface area contributed by atoms with E-state index in [-0.39, 0.29) is 6.42 Å². The summed E-state index contributed by atoms with van der Waals surface area (Å²) in [5.74, 6) is -1.43. The topological polar surface area (TPSA) is 0 Å². The Labute approximate surface area is 135 Å². The SMILES string of the molecule is FC(F)(F)C(/C=C/C=C/c1ccccc1)CCc1ccccc1. The van der Waals surface area contributed by atoms with Crippen molar-refractivity contribution in [2.24, 2.45) is 5.92 Å². The smallest absolute Gasteiger partial charge is 0.170 e. The summed E-state index contributed by atoms with van der Waals surface area (Å²) in [6.45, 7) is 0. The zero-order valence-corrected chi connectivity index (χ0v) is 12.7. The molecule has 1 atom stereocenters. The summed E-state index contributed by atoms with van der Waals surface area (Å²) >= 11 is 0. The quantitative estimate of drug-likeness (QED) is 0.568. The minimum absolute atomic E-state index is 0.0587. The molecule has 0 aliphatic rings. The Morgan fingerprint density at radius 2 is 1.43 bits per heavy atom. The standard InChI is InChI=1S/C20H19F3/c21-20(22,23)19(16-15-18-11-5-2-6-12-18)14-8-7-13-17-9-3-1-4-10-17/h1-14,19H,15-16H2/b13-7+,14-8+. The first kappa shape index (κ1) is 17.1. The second kappa shape index (κ2) is 8.37. The molecule has 2 aromatic carbocycles. The molecule has 0 saturated heterocycles. The van der Waals surface area contributed by atoms with E-state index in [2.05, 4.69) is 0 Å². The second-order valence-corrected chi connectivity index (χ2v) is 5.33. The van der Waals surface area contributed by atoms with Gasteiger partial charge in [-0.2, -0.15) is 13.2 Å². The Bertz CT molecular complexity index is 625. The number of benzene rings is 2. The Balaban J connectivity index is 1.96. The van der Waals surface area contributed by atoms with Gasteiger partial charge in [0.05, 0.1) is 5.92 Å². The van der Waals surface area contributed by atoms with Gasteiger partial charge in [-0.1, -0.05) is 85.0 Å². The molecule has 23 heavy (non-hydrogen) atoms. The monoisotopic (exact) mass is 316 g/mol. The third kappa shape index (κ3) is 6.15. The van der Waals surface area contributed by atoms with Gasteiger partial charge in [-0.15, -0.1) is 0 Å². The molecular weight excluding hydrogens is 297 g/mol. The Morgan fingerprint density at radius 3 is 2.04 bits per heavy atom. The number of alkyl halides is 3. The molecule has 1 unspecified atom stereocenters.